The second-order valence-corrected chi connectivity index (χ2v) is 3.96. The topological polar surface area (TPSA) is 42.0 Å². The lowest BCUT2D eigenvalue weighted by Gasteiger charge is -2.05. The van der Waals surface area contributed by atoms with Crippen molar-refractivity contribution in [3.8, 4) is 0 Å². The van der Waals surface area contributed by atoms with E-state index in [9.17, 15) is 4.79 Å². The highest BCUT2D eigenvalue weighted by Crippen LogP contribution is 2.08. The molecule has 2 aromatic rings. The Morgan fingerprint density at radius 2 is 2.00 bits per heavy atom. The lowest BCUT2D eigenvalue weighted by Crippen LogP contribution is -2.14. The Labute approximate surface area is 101 Å². The van der Waals surface area contributed by atoms with Crippen molar-refractivity contribution in [3.63, 3.8) is 0 Å². The molecule has 1 aromatic carbocycles. The van der Waals surface area contributed by atoms with Crippen molar-refractivity contribution < 1.29 is 4.79 Å². The van der Waals surface area contributed by atoms with Gasteiger partial charge in [0.25, 0.3) is 0 Å². The van der Waals surface area contributed by atoms with Crippen LogP contribution in [0.25, 0.3) is 0 Å². The Morgan fingerprint density at radius 3 is 2.71 bits per heavy atom. The predicted octanol–water partition coefficient (Wildman–Crippen LogP) is 2.57. The van der Waals surface area contributed by atoms with E-state index in [1.807, 2.05) is 43.3 Å². The van der Waals surface area contributed by atoms with Crippen molar-refractivity contribution in [1.82, 2.24) is 4.98 Å². The first-order valence-electron chi connectivity index (χ1n) is 5.49. The Bertz CT molecular complexity index is 509. The highest BCUT2D eigenvalue weighted by molar-refractivity contribution is 5.92. The minimum Gasteiger partial charge on any atom is -0.324 e. The van der Waals surface area contributed by atoms with Gasteiger partial charge in [-0.3, -0.25) is 9.78 Å². The summed E-state index contributed by atoms with van der Waals surface area (Å²) in [5, 5.41) is 2.83. The molecule has 0 fully saturated rings. The average Bonchev–Trinajstić information content (AvgIpc) is 2.30. The first kappa shape index (κ1) is 11.3. The average molecular weight is 226 g/mol. The summed E-state index contributed by atoms with van der Waals surface area (Å²) in [6.45, 7) is 1.94. The Hall–Kier alpha value is -2.16. The molecule has 0 saturated heterocycles. The first-order valence-corrected chi connectivity index (χ1v) is 5.49. The van der Waals surface area contributed by atoms with E-state index in [1.54, 1.807) is 12.4 Å². The summed E-state index contributed by atoms with van der Waals surface area (Å²) in [4.78, 5) is 15.8. The molecule has 1 heterocycles. The number of aromatic nitrogens is 1. The minimum absolute atomic E-state index is 0.0244. The fourth-order valence-electron chi connectivity index (χ4n) is 1.61. The van der Waals surface area contributed by atoms with Gasteiger partial charge < -0.3 is 5.32 Å². The molecular formula is C14H14N2O. The summed E-state index contributed by atoms with van der Waals surface area (Å²) in [6.07, 6.45) is 3.79. The standard InChI is InChI=1S/C14H14N2O/c1-11-7-13(10-15-9-11)16-14(17)8-12-5-3-2-4-6-12/h2-7,9-10H,8H2,1H3,(H,16,17). The van der Waals surface area contributed by atoms with Gasteiger partial charge in [-0.15, -0.1) is 0 Å². The van der Waals surface area contributed by atoms with Crippen molar-refractivity contribution in [2.75, 3.05) is 5.32 Å². The number of rotatable bonds is 3. The van der Waals surface area contributed by atoms with Crippen LogP contribution in [0, 0.1) is 6.92 Å². The second-order valence-electron chi connectivity index (χ2n) is 3.96. The molecule has 0 aliphatic heterocycles. The molecule has 1 aromatic heterocycles. The quantitative estimate of drug-likeness (QED) is 0.874. The molecule has 0 bridgehead atoms. The zero-order chi connectivity index (χ0) is 12.1. The van der Waals surface area contributed by atoms with Gasteiger partial charge in [-0.25, -0.2) is 0 Å². The van der Waals surface area contributed by atoms with Crippen molar-refractivity contribution in [2.45, 2.75) is 13.3 Å². The van der Waals surface area contributed by atoms with Gasteiger partial charge in [0.15, 0.2) is 0 Å². The maximum absolute atomic E-state index is 11.8. The molecule has 0 unspecified atom stereocenters. The summed E-state index contributed by atoms with van der Waals surface area (Å²) >= 11 is 0. The van der Waals surface area contributed by atoms with Crippen LogP contribution < -0.4 is 5.32 Å². The molecule has 1 amide bonds. The maximum atomic E-state index is 11.8. The van der Waals surface area contributed by atoms with Gasteiger partial charge in [0.2, 0.25) is 5.91 Å². The first-order chi connectivity index (χ1) is 8.24. The van der Waals surface area contributed by atoms with Gasteiger partial charge in [-0.05, 0) is 24.1 Å². The zero-order valence-electron chi connectivity index (χ0n) is 9.68. The fraction of sp³-hybridized carbons (Fsp3) is 0.143. The van der Waals surface area contributed by atoms with Gasteiger partial charge >= 0.3 is 0 Å². The van der Waals surface area contributed by atoms with Gasteiger partial charge in [0.05, 0.1) is 18.3 Å². The number of hydrogen-bond acceptors (Lipinski definition) is 2. The predicted molar refractivity (Wildman–Crippen MR) is 67.7 cm³/mol. The van der Waals surface area contributed by atoms with E-state index in [1.165, 1.54) is 0 Å². The number of carbonyl (C=O) groups is 1. The van der Waals surface area contributed by atoms with Crippen molar-refractivity contribution in [2.24, 2.45) is 0 Å². The molecule has 0 spiro atoms. The highest BCUT2D eigenvalue weighted by atomic mass is 16.1. The van der Waals surface area contributed by atoms with Gasteiger partial charge in [-0.1, -0.05) is 30.3 Å². The number of nitrogens with zero attached hydrogens (tertiary/aromatic N) is 1. The Morgan fingerprint density at radius 1 is 1.24 bits per heavy atom. The van der Waals surface area contributed by atoms with Crippen molar-refractivity contribution in [3.05, 3.63) is 59.9 Å². The zero-order valence-corrected chi connectivity index (χ0v) is 9.68. The normalized spacial score (nSPS) is 9.94. The lowest BCUT2D eigenvalue weighted by molar-refractivity contribution is -0.115. The van der Waals surface area contributed by atoms with Crippen LogP contribution in [0.15, 0.2) is 48.8 Å². The molecule has 0 saturated carbocycles. The van der Waals surface area contributed by atoms with Gasteiger partial charge in [0, 0.05) is 6.20 Å². The summed E-state index contributed by atoms with van der Waals surface area (Å²) < 4.78 is 0. The third-order valence-electron chi connectivity index (χ3n) is 2.37. The van der Waals surface area contributed by atoms with Crippen LogP contribution >= 0.6 is 0 Å². The van der Waals surface area contributed by atoms with Crippen LogP contribution in [0.4, 0.5) is 5.69 Å². The van der Waals surface area contributed by atoms with Crippen molar-refractivity contribution >= 4 is 11.6 Å². The largest absolute Gasteiger partial charge is 0.324 e. The number of anilines is 1. The van der Waals surface area contributed by atoms with E-state index in [0.717, 1.165) is 16.8 Å². The monoisotopic (exact) mass is 226 g/mol. The van der Waals surface area contributed by atoms with Crippen LogP contribution in [-0.2, 0) is 11.2 Å². The van der Waals surface area contributed by atoms with Gasteiger partial charge in [0.1, 0.15) is 0 Å². The molecule has 17 heavy (non-hydrogen) atoms. The number of hydrogen-bond donors (Lipinski definition) is 1. The molecule has 1 N–H and O–H groups in total. The summed E-state index contributed by atoms with van der Waals surface area (Å²) in [5.41, 5.74) is 2.78. The van der Waals surface area contributed by atoms with E-state index in [2.05, 4.69) is 10.3 Å². The molecule has 0 atom stereocenters. The maximum Gasteiger partial charge on any atom is 0.228 e. The highest BCUT2D eigenvalue weighted by Gasteiger charge is 2.03. The van der Waals surface area contributed by atoms with Crippen LogP contribution in [0.3, 0.4) is 0 Å². The molecule has 86 valence electrons. The third kappa shape index (κ3) is 3.41. The van der Waals surface area contributed by atoms with E-state index in [-0.39, 0.29) is 5.91 Å². The number of carbonyl (C=O) groups excluding carboxylic acids is 1. The van der Waals surface area contributed by atoms with E-state index >= 15 is 0 Å². The fourth-order valence-corrected chi connectivity index (χ4v) is 1.61. The second kappa shape index (κ2) is 5.25. The van der Waals surface area contributed by atoms with E-state index < -0.39 is 0 Å². The van der Waals surface area contributed by atoms with Gasteiger partial charge in [-0.2, -0.15) is 0 Å². The number of nitrogens with one attached hydrogen (secondary N) is 1. The molecule has 0 aliphatic rings. The lowest BCUT2D eigenvalue weighted by atomic mass is 10.1. The molecule has 3 heteroatoms. The summed E-state index contributed by atoms with van der Waals surface area (Å²) in [6, 6.07) is 11.6. The number of aryl methyl sites for hydroxylation is 1. The van der Waals surface area contributed by atoms with Crippen LogP contribution in [0.2, 0.25) is 0 Å². The third-order valence-corrected chi connectivity index (χ3v) is 2.37. The molecule has 2 rings (SSSR count). The van der Waals surface area contributed by atoms with E-state index in [4.69, 9.17) is 0 Å². The Kier molecular flexibility index (Phi) is 3.50. The number of benzene rings is 1. The number of pyridine rings is 1. The molecular weight excluding hydrogens is 212 g/mol. The molecule has 3 nitrogen and oxygen atoms in total. The van der Waals surface area contributed by atoms with Crippen molar-refractivity contribution in [1.29, 1.82) is 0 Å². The minimum atomic E-state index is -0.0244. The molecule has 0 aliphatic carbocycles. The SMILES string of the molecule is Cc1cncc(NC(=O)Cc2ccccc2)c1. The Balaban J connectivity index is 1.98. The van der Waals surface area contributed by atoms with Crippen LogP contribution in [0.1, 0.15) is 11.1 Å². The molecule has 0 radical (unpaired) electrons. The smallest absolute Gasteiger partial charge is 0.228 e. The van der Waals surface area contributed by atoms with Crippen LogP contribution in [-0.4, -0.2) is 10.9 Å². The summed E-state index contributed by atoms with van der Waals surface area (Å²) in [7, 11) is 0. The number of amides is 1. The van der Waals surface area contributed by atoms with Crippen LogP contribution in [0.5, 0.6) is 0 Å². The van der Waals surface area contributed by atoms with E-state index in [0.29, 0.717) is 6.42 Å². The summed E-state index contributed by atoms with van der Waals surface area (Å²) in [5.74, 6) is -0.0244.